The Bertz CT molecular complexity index is 503. The Morgan fingerprint density at radius 3 is 2.41 bits per heavy atom. The summed E-state index contributed by atoms with van der Waals surface area (Å²) in [5.41, 5.74) is 8.69. The van der Waals surface area contributed by atoms with Gasteiger partial charge in [-0.2, -0.15) is 0 Å². The number of hydrogen-bond acceptors (Lipinski definition) is 4. The van der Waals surface area contributed by atoms with Crippen LogP contribution >= 0.6 is 11.8 Å². The molecule has 0 atom stereocenters. The summed E-state index contributed by atoms with van der Waals surface area (Å²) in [6.07, 6.45) is 2.06. The minimum Gasteiger partial charge on any atom is -0.367 e. The highest BCUT2D eigenvalue weighted by Crippen LogP contribution is 2.33. The summed E-state index contributed by atoms with van der Waals surface area (Å²) in [7, 11) is 0. The highest BCUT2D eigenvalue weighted by atomic mass is 32.2. The lowest BCUT2D eigenvalue weighted by Crippen LogP contribution is -1.94. The number of hydrogen-bond donors (Lipinski definition) is 1. The number of nitrogens with zero attached hydrogens (tertiary/aromatic N) is 1. The second kappa shape index (κ2) is 4.84. The molecule has 1 aromatic carbocycles. The third-order valence-corrected chi connectivity index (χ3v) is 3.44. The van der Waals surface area contributed by atoms with Crippen LogP contribution in [0.3, 0.4) is 0 Å². The number of anilines is 1. The van der Waals surface area contributed by atoms with Crippen LogP contribution in [0.25, 0.3) is 11.3 Å². The van der Waals surface area contributed by atoms with Gasteiger partial charge in [-0.15, -0.1) is 11.8 Å². The average molecular weight is 248 g/mol. The van der Waals surface area contributed by atoms with Gasteiger partial charge in [-0.1, -0.05) is 31.1 Å². The Labute approximate surface area is 105 Å². The third-order valence-electron chi connectivity index (χ3n) is 2.70. The van der Waals surface area contributed by atoms with Crippen molar-refractivity contribution in [3.63, 3.8) is 0 Å². The number of aromatic nitrogens is 1. The van der Waals surface area contributed by atoms with E-state index in [1.807, 2.05) is 0 Å². The molecule has 0 bridgehead atoms. The van der Waals surface area contributed by atoms with Gasteiger partial charge in [-0.05, 0) is 24.3 Å². The summed E-state index contributed by atoms with van der Waals surface area (Å²) in [5, 5.41) is 4.06. The molecule has 90 valence electrons. The molecule has 17 heavy (non-hydrogen) atoms. The van der Waals surface area contributed by atoms with Gasteiger partial charge in [0.1, 0.15) is 5.69 Å². The van der Waals surface area contributed by atoms with Crippen LogP contribution in [0.5, 0.6) is 0 Å². The van der Waals surface area contributed by atoms with Crippen molar-refractivity contribution < 1.29 is 4.52 Å². The molecule has 0 spiro atoms. The second-order valence-electron chi connectivity index (χ2n) is 4.19. The zero-order valence-corrected chi connectivity index (χ0v) is 11.0. The van der Waals surface area contributed by atoms with Crippen LogP contribution in [-0.4, -0.2) is 11.4 Å². The van der Waals surface area contributed by atoms with Crippen molar-refractivity contribution in [3.05, 3.63) is 29.8 Å². The molecule has 1 aromatic heterocycles. The molecule has 1 heterocycles. The van der Waals surface area contributed by atoms with Crippen molar-refractivity contribution in [3.8, 4) is 11.3 Å². The van der Waals surface area contributed by atoms with Crippen LogP contribution in [0.15, 0.2) is 33.7 Å². The van der Waals surface area contributed by atoms with Gasteiger partial charge < -0.3 is 10.3 Å². The monoisotopic (exact) mass is 248 g/mol. The fourth-order valence-electron chi connectivity index (χ4n) is 1.82. The summed E-state index contributed by atoms with van der Waals surface area (Å²) in [6, 6.07) is 8.26. The first kappa shape index (κ1) is 12.0. The summed E-state index contributed by atoms with van der Waals surface area (Å²) in [6.45, 7) is 4.17. The lowest BCUT2D eigenvalue weighted by atomic mass is 9.99. The van der Waals surface area contributed by atoms with Crippen LogP contribution in [0.1, 0.15) is 25.3 Å². The zero-order valence-electron chi connectivity index (χ0n) is 10.2. The maximum absolute atomic E-state index is 5.80. The number of rotatable bonds is 3. The predicted octanol–water partition coefficient (Wildman–Crippen LogP) is 3.77. The van der Waals surface area contributed by atoms with E-state index in [0.29, 0.717) is 11.8 Å². The normalized spacial score (nSPS) is 11.1. The minimum atomic E-state index is 0.302. The highest BCUT2D eigenvalue weighted by Gasteiger charge is 2.17. The van der Waals surface area contributed by atoms with E-state index >= 15 is 0 Å². The van der Waals surface area contributed by atoms with Crippen molar-refractivity contribution in [1.82, 2.24) is 5.16 Å². The average Bonchev–Trinajstić information content (AvgIpc) is 2.71. The zero-order chi connectivity index (χ0) is 12.4. The molecule has 4 heteroatoms. The Kier molecular flexibility index (Phi) is 3.43. The standard InChI is InChI=1S/C13H16N2OS/c1-8(2)11-12(15-16-13(11)14)9-4-6-10(17-3)7-5-9/h4-8H,14H2,1-3H3. The molecule has 0 aliphatic rings. The SMILES string of the molecule is CSc1ccc(-c2noc(N)c2C(C)C)cc1. The largest absolute Gasteiger partial charge is 0.367 e. The fourth-order valence-corrected chi connectivity index (χ4v) is 2.23. The molecular weight excluding hydrogens is 232 g/mol. The van der Waals surface area contributed by atoms with Crippen LogP contribution < -0.4 is 5.73 Å². The van der Waals surface area contributed by atoms with E-state index in [1.165, 1.54) is 4.90 Å². The molecule has 0 amide bonds. The van der Waals surface area contributed by atoms with Crippen molar-refractivity contribution >= 4 is 17.6 Å². The molecule has 0 aliphatic heterocycles. The Morgan fingerprint density at radius 2 is 1.88 bits per heavy atom. The summed E-state index contributed by atoms with van der Waals surface area (Å²) in [5.74, 6) is 0.723. The van der Waals surface area contributed by atoms with Gasteiger partial charge in [-0.3, -0.25) is 0 Å². The van der Waals surface area contributed by atoms with Gasteiger partial charge in [0.2, 0.25) is 5.88 Å². The molecule has 3 nitrogen and oxygen atoms in total. The van der Waals surface area contributed by atoms with E-state index in [9.17, 15) is 0 Å². The minimum absolute atomic E-state index is 0.302. The van der Waals surface area contributed by atoms with E-state index in [1.54, 1.807) is 11.8 Å². The van der Waals surface area contributed by atoms with Crippen LogP contribution in [0.2, 0.25) is 0 Å². The van der Waals surface area contributed by atoms with Crippen molar-refractivity contribution in [2.45, 2.75) is 24.7 Å². The van der Waals surface area contributed by atoms with Gasteiger partial charge in [-0.25, -0.2) is 0 Å². The van der Waals surface area contributed by atoms with E-state index in [0.717, 1.165) is 16.8 Å². The molecule has 2 rings (SSSR count). The molecule has 2 N–H and O–H groups in total. The lowest BCUT2D eigenvalue weighted by molar-refractivity contribution is 0.438. The van der Waals surface area contributed by atoms with Gasteiger partial charge >= 0.3 is 0 Å². The Hall–Kier alpha value is -1.42. The Balaban J connectivity index is 2.45. The first-order chi connectivity index (χ1) is 8.13. The molecule has 0 radical (unpaired) electrons. The Morgan fingerprint density at radius 1 is 1.24 bits per heavy atom. The summed E-state index contributed by atoms with van der Waals surface area (Å²) >= 11 is 1.72. The van der Waals surface area contributed by atoms with E-state index < -0.39 is 0 Å². The molecule has 0 saturated carbocycles. The number of nitrogen functional groups attached to an aromatic ring is 1. The maximum Gasteiger partial charge on any atom is 0.226 e. The van der Waals surface area contributed by atoms with Gasteiger partial charge in [0.15, 0.2) is 0 Å². The topological polar surface area (TPSA) is 52.0 Å². The van der Waals surface area contributed by atoms with Crippen molar-refractivity contribution in [2.24, 2.45) is 0 Å². The predicted molar refractivity (Wildman–Crippen MR) is 72.2 cm³/mol. The van der Waals surface area contributed by atoms with E-state index in [-0.39, 0.29) is 0 Å². The van der Waals surface area contributed by atoms with Gasteiger partial charge in [0, 0.05) is 16.0 Å². The lowest BCUT2D eigenvalue weighted by Gasteiger charge is -2.05. The van der Waals surface area contributed by atoms with Crippen LogP contribution in [0.4, 0.5) is 5.88 Å². The van der Waals surface area contributed by atoms with Crippen LogP contribution in [-0.2, 0) is 0 Å². The molecule has 0 saturated heterocycles. The molecule has 0 unspecified atom stereocenters. The van der Waals surface area contributed by atoms with Gasteiger partial charge in [0.25, 0.3) is 0 Å². The van der Waals surface area contributed by atoms with Crippen molar-refractivity contribution in [1.29, 1.82) is 0 Å². The van der Waals surface area contributed by atoms with E-state index in [2.05, 4.69) is 49.5 Å². The molecule has 2 aromatic rings. The second-order valence-corrected chi connectivity index (χ2v) is 5.07. The summed E-state index contributed by atoms with van der Waals surface area (Å²) in [4.78, 5) is 1.23. The fraction of sp³-hybridized carbons (Fsp3) is 0.308. The molecule has 0 fully saturated rings. The molecule has 0 aliphatic carbocycles. The highest BCUT2D eigenvalue weighted by molar-refractivity contribution is 7.98. The third kappa shape index (κ3) is 2.31. The number of benzene rings is 1. The number of nitrogens with two attached hydrogens (primary N) is 1. The summed E-state index contributed by atoms with van der Waals surface area (Å²) < 4.78 is 5.09. The maximum atomic E-state index is 5.80. The molecular formula is C13H16N2OS. The first-order valence-corrected chi connectivity index (χ1v) is 6.75. The number of thioether (sulfide) groups is 1. The van der Waals surface area contributed by atoms with E-state index in [4.69, 9.17) is 10.3 Å². The van der Waals surface area contributed by atoms with Crippen molar-refractivity contribution in [2.75, 3.05) is 12.0 Å². The van der Waals surface area contributed by atoms with Gasteiger partial charge in [0.05, 0.1) is 0 Å². The smallest absolute Gasteiger partial charge is 0.226 e. The quantitative estimate of drug-likeness (QED) is 0.840. The first-order valence-electron chi connectivity index (χ1n) is 5.53. The van der Waals surface area contributed by atoms with Crippen LogP contribution in [0, 0.1) is 0 Å².